The number of methoxy groups -OCH3 is 1. The van der Waals surface area contributed by atoms with E-state index in [1.165, 1.54) is 12.0 Å². The van der Waals surface area contributed by atoms with Gasteiger partial charge < -0.3 is 9.64 Å². The molecule has 184 valence electrons. The number of hydrogen-bond acceptors (Lipinski definition) is 6. The van der Waals surface area contributed by atoms with Gasteiger partial charge in [-0.3, -0.25) is 9.52 Å². The number of pyridine rings is 1. The van der Waals surface area contributed by atoms with Gasteiger partial charge in [-0.1, -0.05) is 23.2 Å². The fourth-order valence-corrected chi connectivity index (χ4v) is 4.94. The second-order valence-corrected chi connectivity index (χ2v) is 9.85. The van der Waals surface area contributed by atoms with Crippen LogP contribution in [0.2, 0.25) is 10.0 Å². The standard InChI is InChI=1S/C20H18Cl2F3N3O5S/c1-33-19(30)16-4-2-3-7-28(16)18(29)17-15(8-11(21)10-26-17)27-34(31,32)12-5-6-14(22)13(9-12)20(23,24)25/h5-6,8-10,16,27H,2-4,7H2,1H3. The summed E-state index contributed by atoms with van der Waals surface area (Å²) in [7, 11) is -3.44. The number of hydrogen-bond donors (Lipinski definition) is 1. The summed E-state index contributed by atoms with van der Waals surface area (Å²) in [5, 5.41) is -0.713. The zero-order valence-corrected chi connectivity index (χ0v) is 19.9. The lowest BCUT2D eigenvalue weighted by atomic mass is 10.0. The Hall–Kier alpha value is -2.57. The molecular formula is C20H18Cl2F3N3O5S. The van der Waals surface area contributed by atoms with Gasteiger partial charge >= 0.3 is 12.1 Å². The normalized spacial score (nSPS) is 16.8. The fourth-order valence-electron chi connectivity index (χ4n) is 3.47. The van der Waals surface area contributed by atoms with Gasteiger partial charge in [0.15, 0.2) is 5.69 Å². The zero-order valence-electron chi connectivity index (χ0n) is 17.5. The van der Waals surface area contributed by atoms with Crippen LogP contribution in [-0.2, 0) is 25.7 Å². The molecule has 2 heterocycles. The first-order chi connectivity index (χ1) is 15.8. The van der Waals surface area contributed by atoms with Crippen LogP contribution in [0.15, 0.2) is 35.4 Å². The molecule has 1 amide bonds. The second kappa shape index (κ2) is 9.96. The molecule has 14 heteroatoms. The van der Waals surface area contributed by atoms with Crippen LogP contribution in [0.4, 0.5) is 18.9 Å². The molecule has 1 fully saturated rings. The van der Waals surface area contributed by atoms with E-state index in [2.05, 4.69) is 9.71 Å². The first-order valence-electron chi connectivity index (χ1n) is 9.79. The molecule has 1 saturated heterocycles. The van der Waals surface area contributed by atoms with Crippen molar-refractivity contribution in [2.45, 2.75) is 36.4 Å². The summed E-state index contributed by atoms with van der Waals surface area (Å²) in [6, 6.07) is 2.27. The number of nitrogens with zero attached hydrogens (tertiary/aromatic N) is 2. The van der Waals surface area contributed by atoms with Crippen molar-refractivity contribution >= 4 is 50.8 Å². The average Bonchev–Trinajstić information content (AvgIpc) is 2.77. The Kier molecular flexibility index (Phi) is 7.63. The predicted molar refractivity (Wildman–Crippen MR) is 117 cm³/mol. The van der Waals surface area contributed by atoms with Crippen LogP contribution in [0.1, 0.15) is 35.3 Å². The van der Waals surface area contributed by atoms with Gasteiger partial charge in [-0.05, 0) is 43.5 Å². The highest BCUT2D eigenvalue weighted by atomic mass is 35.5. The van der Waals surface area contributed by atoms with Gasteiger partial charge in [0.05, 0.1) is 33.3 Å². The molecule has 34 heavy (non-hydrogen) atoms. The first kappa shape index (κ1) is 26.0. The summed E-state index contributed by atoms with van der Waals surface area (Å²) >= 11 is 11.5. The van der Waals surface area contributed by atoms with Gasteiger partial charge in [-0.25, -0.2) is 18.2 Å². The maximum atomic E-state index is 13.2. The highest BCUT2D eigenvalue weighted by Gasteiger charge is 2.37. The van der Waals surface area contributed by atoms with E-state index in [-0.39, 0.29) is 22.9 Å². The average molecular weight is 540 g/mol. The minimum atomic E-state index is -4.89. The van der Waals surface area contributed by atoms with Crippen LogP contribution in [0.25, 0.3) is 0 Å². The number of ether oxygens (including phenoxy) is 1. The van der Waals surface area contributed by atoms with Gasteiger partial charge in [-0.15, -0.1) is 0 Å². The molecule has 1 aromatic carbocycles. The third-order valence-electron chi connectivity index (χ3n) is 5.09. The van der Waals surface area contributed by atoms with Crippen LogP contribution in [-0.4, -0.2) is 49.9 Å². The Labute approximate surface area is 203 Å². The number of piperidine rings is 1. The fraction of sp³-hybridized carbons (Fsp3) is 0.350. The van der Waals surface area contributed by atoms with Crippen LogP contribution < -0.4 is 4.72 Å². The van der Waals surface area contributed by atoms with E-state index in [1.54, 1.807) is 0 Å². The van der Waals surface area contributed by atoms with Crippen molar-refractivity contribution in [2.75, 3.05) is 18.4 Å². The number of amides is 1. The minimum absolute atomic E-state index is 0.0375. The van der Waals surface area contributed by atoms with Crippen LogP contribution in [0.3, 0.4) is 0 Å². The van der Waals surface area contributed by atoms with Crippen molar-refractivity contribution in [2.24, 2.45) is 0 Å². The SMILES string of the molecule is COC(=O)C1CCCCN1C(=O)c1ncc(Cl)cc1NS(=O)(=O)c1ccc(Cl)c(C(F)(F)F)c1. The van der Waals surface area contributed by atoms with Crippen molar-refractivity contribution in [3.8, 4) is 0 Å². The third-order valence-corrected chi connectivity index (χ3v) is 6.99. The Balaban J connectivity index is 2.00. The van der Waals surface area contributed by atoms with Crippen LogP contribution in [0.5, 0.6) is 0 Å². The maximum Gasteiger partial charge on any atom is 0.417 e. The number of benzene rings is 1. The van der Waals surface area contributed by atoms with Gasteiger partial charge in [0.2, 0.25) is 0 Å². The molecule has 2 aromatic rings. The summed E-state index contributed by atoms with van der Waals surface area (Å²) in [5.41, 5.74) is -2.09. The first-order valence-corrected chi connectivity index (χ1v) is 12.0. The van der Waals surface area contributed by atoms with Crippen LogP contribution >= 0.6 is 23.2 Å². The Morgan fingerprint density at radius 1 is 1.21 bits per heavy atom. The molecule has 1 aromatic heterocycles. The smallest absolute Gasteiger partial charge is 0.417 e. The molecule has 0 aliphatic carbocycles. The number of anilines is 1. The van der Waals surface area contributed by atoms with E-state index in [0.29, 0.717) is 25.3 Å². The molecule has 0 spiro atoms. The number of halogens is 5. The van der Waals surface area contributed by atoms with Crippen molar-refractivity contribution in [3.05, 3.63) is 51.8 Å². The molecular weight excluding hydrogens is 522 g/mol. The number of carbonyl (C=O) groups excluding carboxylic acids is 2. The number of nitrogens with one attached hydrogen (secondary N) is 1. The van der Waals surface area contributed by atoms with Crippen molar-refractivity contribution in [1.29, 1.82) is 0 Å². The van der Waals surface area contributed by atoms with Crippen molar-refractivity contribution in [3.63, 3.8) is 0 Å². The lowest BCUT2D eigenvalue weighted by molar-refractivity contribution is -0.147. The Bertz CT molecular complexity index is 1220. The number of likely N-dealkylation sites (tertiary alicyclic amines) is 1. The summed E-state index contributed by atoms with van der Waals surface area (Å²) in [4.78, 5) is 29.8. The monoisotopic (exact) mass is 539 g/mol. The molecule has 0 saturated carbocycles. The van der Waals surface area contributed by atoms with Gasteiger partial charge in [0.25, 0.3) is 15.9 Å². The molecule has 1 unspecified atom stereocenters. The molecule has 3 rings (SSSR count). The lowest BCUT2D eigenvalue weighted by Gasteiger charge is -2.33. The molecule has 1 N–H and O–H groups in total. The predicted octanol–water partition coefficient (Wildman–Crippen LogP) is 4.38. The van der Waals surface area contributed by atoms with Gasteiger partial charge in [0.1, 0.15) is 6.04 Å². The second-order valence-electron chi connectivity index (χ2n) is 7.33. The molecule has 1 aliphatic rings. The number of aromatic nitrogens is 1. The Morgan fingerprint density at radius 3 is 2.56 bits per heavy atom. The van der Waals surface area contributed by atoms with Crippen molar-refractivity contribution < 1.29 is 35.9 Å². The highest BCUT2D eigenvalue weighted by Crippen LogP contribution is 2.36. The van der Waals surface area contributed by atoms with E-state index < -0.39 is 49.6 Å². The summed E-state index contributed by atoms with van der Waals surface area (Å²) in [6.45, 7) is 0.196. The quantitative estimate of drug-likeness (QED) is 0.565. The number of rotatable bonds is 5. The van der Waals surface area contributed by atoms with Gasteiger partial charge in [0, 0.05) is 12.7 Å². The van der Waals surface area contributed by atoms with E-state index in [9.17, 15) is 31.2 Å². The Morgan fingerprint density at radius 2 is 1.91 bits per heavy atom. The van der Waals surface area contributed by atoms with Crippen LogP contribution in [0, 0.1) is 0 Å². The molecule has 8 nitrogen and oxygen atoms in total. The van der Waals surface area contributed by atoms with Crippen molar-refractivity contribution in [1.82, 2.24) is 9.88 Å². The topological polar surface area (TPSA) is 106 Å². The third kappa shape index (κ3) is 5.56. The lowest BCUT2D eigenvalue weighted by Crippen LogP contribution is -2.48. The number of carbonyl (C=O) groups is 2. The summed E-state index contributed by atoms with van der Waals surface area (Å²) in [6.07, 6.45) is -2.17. The molecule has 1 atom stereocenters. The summed E-state index contributed by atoms with van der Waals surface area (Å²) < 4.78 is 72.2. The minimum Gasteiger partial charge on any atom is -0.467 e. The summed E-state index contributed by atoms with van der Waals surface area (Å²) in [5.74, 6) is -1.40. The highest BCUT2D eigenvalue weighted by molar-refractivity contribution is 7.92. The number of esters is 1. The number of sulfonamides is 1. The van der Waals surface area contributed by atoms with Gasteiger partial charge in [-0.2, -0.15) is 13.2 Å². The number of alkyl halides is 3. The maximum absolute atomic E-state index is 13.2. The van der Waals surface area contributed by atoms with E-state index in [0.717, 1.165) is 24.4 Å². The molecule has 0 bridgehead atoms. The molecule has 0 radical (unpaired) electrons. The zero-order chi connectivity index (χ0) is 25.3. The van der Waals surface area contributed by atoms with E-state index in [1.807, 2.05) is 0 Å². The largest absolute Gasteiger partial charge is 0.467 e. The van der Waals surface area contributed by atoms with E-state index in [4.69, 9.17) is 27.9 Å². The van der Waals surface area contributed by atoms with E-state index >= 15 is 0 Å². The molecule has 1 aliphatic heterocycles.